The van der Waals surface area contributed by atoms with Gasteiger partial charge in [-0.05, 0) is 30.7 Å². The maximum atomic E-state index is 9.73. The Morgan fingerprint density at radius 2 is 2.13 bits per heavy atom. The van der Waals surface area contributed by atoms with E-state index >= 15 is 0 Å². The van der Waals surface area contributed by atoms with Gasteiger partial charge in [0.1, 0.15) is 5.75 Å². The van der Waals surface area contributed by atoms with Gasteiger partial charge in [-0.2, -0.15) is 0 Å². The Hall–Kier alpha value is -1.77. The third-order valence-corrected chi connectivity index (χ3v) is 2.38. The van der Waals surface area contributed by atoms with Crippen molar-refractivity contribution in [3.63, 3.8) is 0 Å². The molecule has 0 radical (unpaired) electrons. The number of benzene rings is 1. The normalized spacial score (nSPS) is 10.7. The minimum absolute atomic E-state index is 0.259. The van der Waals surface area contributed by atoms with Crippen molar-refractivity contribution in [3.8, 4) is 5.75 Å². The predicted molar refractivity (Wildman–Crippen MR) is 61.8 cm³/mol. The van der Waals surface area contributed by atoms with Crippen molar-refractivity contribution in [2.75, 3.05) is 5.73 Å². The van der Waals surface area contributed by atoms with Crippen molar-refractivity contribution < 1.29 is 5.11 Å². The highest BCUT2D eigenvalue weighted by molar-refractivity contribution is 5.83. The number of nitrogens with zero attached hydrogens (tertiary/aromatic N) is 1. The number of hydrogen-bond donors (Lipinski definition) is 2. The van der Waals surface area contributed by atoms with Crippen LogP contribution in [0.25, 0.3) is 10.9 Å². The number of aromatic nitrogens is 1. The van der Waals surface area contributed by atoms with Crippen LogP contribution in [0.2, 0.25) is 0 Å². The number of anilines is 1. The highest BCUT2D eigenvalue weighted by Gasteiger charge is 2.04. The van der Waals surface area contributed by atoms with E-state index < -0.39 is 0 Å². The van der Waals surface area contributed by atoms with Gasteiger partial charge in [-0.15, -0.1) is 0 Å². The Morgan fingerprint density at radius 1 is 1.33 bits per heavy atom. The van der Waals surface area contributed by atoms with Crippen molar-refractivity contribution in [1.29, 1.82) is 0 Å². The Balaban J connectivity index is 2.60. The molecule has 3 nitrogen and oxygen atoms in total. The SMILES string of the molecule is CCCc1nc2ccc(N)cc2cc1O. The lowest BCUT2D eigenvalue weighted by molar-refractivity contribution is 0.465. The zero-order valence-corrected chi connectivity index (χ0v) is 8.70. The molecule has 0 atom stereocenters. The second-order valence-corrected chi connectivity index (χ2v) is 3.66. The van der Waals surface area contributed by atoms with Gasteiger partial charge in [-0.25, -0.2) is 4.98 Å². The first-order valence-electron chi connectivity index (χ1n) is 5.09. The molecule has 2 rings (SSSR count). The van der Waals surface area contributed by atoms with Crippen molar-refractivity contribution in [2.24, 2.45) is 0 Å². The molecule has 0 fully saturated rings. The Kier molecular flexibility index (Phi) is 2.46. The van der Waals surface area contributed by atoms with Crippen LogP contribution in [-0.2, 0) is 6.42 Å². The molecule has 0 aliphatic rings. The van der Waals surface area contributed by atoms with Gasteiger partial charge in [0.15, 0.2) is 0 Å². The first-order chi connectivity index (χ1) is 7.20. The summed E-state index contributed by atoms with van der Waals surface area (Å²) in [6, 6.07) is 7.24. The number of aromatic hydroxyl groups is 1. The van der Waals surface area contributed by atoms with E-state index in [-0.39, 0.29) is 5.75 Å². The van der Waals surface area contributed by atoms with E-state index in [2.05, 4.69) is 11.9 Å². The highest BCUT2D eigenvalue weighted by Crippen LogP contribution is 2.24. The van der Waals surface area contributed by atoms with E-state index in [0.29, 0.717) is 5.69 Å². The summed E-state index contributed by atoms with van der Waals surface area (Å²) in [5, 5.41) is 10.6. The number of pyridine rings is 1. The van der Waals surface area contributed by atoms with Gasteiger partial charge in [-0.1, -0.05) is 13.3 Å². The molecule has 0 unspecified atom stereocenters. The van der Waals surface area contributed by atoms with Crippen LogP contribution < -0.4 is 5.73 Å². The number of fused-ring (bicyclic) bond motifs is 1. The quantitative estimate of drug-likeness (QED) is 0.735. The lowest BCUT2D eigenvalue weighted by atomic mass is 10.1. The molecule has 3 heteroatoms. The smallest absolute Gasteiger partial charge is 0.137 e. The first kappa shape index (κ1) is 9.77. The van der Waals surface area contributed by atoms with Gasteiger partial charge >= 0.3 is 0 Å². The molecule has 1 aromatic heterocycles. The van der Waals surface area contributed by atoms with Gasteiger partial charge < -0.3 is 10.8 Å². The average Bonchev–Trinajstić information content (AvgIpc) is 2.20. The van der Waals surface area contributed by atoms with Crippen molar-refractivity contribution >= 4 is 16.6 Å². The summed E-state index contributed by atoms with van der Waals surface area (Å²) in [5.41, 5.74) is 7.99. The van der Waals surface area contributed by atoms with Gasteiger partial charge in [0.2, 0.25) is 0 Å². The minimum atomic E-state index is 0.259. The Morgan fingerprint density at radius 3 is 2.87 bits per heavy atom. The molecular weight excluding hydrogens is 188 g/mol. The summed E-state index contributed by atoms with van der Waals surface area (Å²) in [5.74, 6) is 0.259. The lowest BCUT2D eigenvalue weighted by Crippen LogP contribution is -1.92. The molecule has 0 spiro atoms. The van der Waals surface area contributed by atoms with Gasteiger partial charge in [0.25, 0.3) is 0 Å². The third kappa shape index (κ3) is 1.86. The molecule has 0 bridgehead atoms. The molecule has 1 aromatic carbocycles. The summed E-state index contributed by atoms with van der Waals surface area (Å²) in [6.07, 6.45) is 1.77. The number of hydrogen-bond acceptors (Lipinski definition) is 3. The minimum Gasteiger partial charge on any atom is -0.506 e. The number of aryl methyl sites for hydroxylation is 1. The molecule has 0 aliphatic carbocycles. The van der Waals surface area contributed by atoms with Crippen LogP contribution in [0.1, 0.15) is 19.0 Å². The van der Waals surface area contributed by atoms with Crippen LogP contribution in [-0.4, -0.2) is 10.1 Å². The van der Waals surface area contributed by atoms with Crippen molar-refractivity contribution in [2.45, 2.75) is 19.8 Å². The van der Waals surface area contributed by atoms with Crippen LogP contribution in [0.3, 0.4) is 0 Å². The zero-order valence-electron chi connectivity index (χ0n) is 8.70. The molecule has 0 aliphatic heterocycles. The van der Waals surface area contributed by atoms with Gasteiger partial charge in [-0.3, -0.25) is 0 Å². The lowest BCUT2D eigenvalue weighted by Gasteiger charge is -2.05. The van der Waals surface area contributed by atoms with Crippen molar-refractivity contribution in [1.82, 2.24) is 4.98 Å². The molecule has 0 amide bonds. The molecule has 0 saturated heterocycles. The average molecular weight is 202 g/mol. The van der Waals surface area contributed by atoms with Crippen LogP contribution >= 0.6 is 0 Å². The summed E-state index contributed by atoms with van der Waals surface area (Å²) in [6.45, 7) is 2.06. The highest BCUT2D eigenvalue weighted by atomic mass is 16.3. The van der Waals surface area contributed by atoms with Crippen LogP contribution in [0.4, 0.5) is 5.69 Å². The fraction of sp³-hybridized carbons (Fsp3) is 0.250. The molecule has 0 saturated carbocycles. The second-order valence-electron chi connectivity index (χ2n) is 3.66. The maximum Gasteiger partial charge on any atom is 0.137 e. The first-order valence-corrected chi connectivity index (χ1v) is 5.09. The molecule has 15 heavy (non-hydrogen) atoms. The molecule has 3 N–H and O–H groups in total. The Labute approximate surface area is 88.6 Å². The van der Waals surface area contributed by atoms with Crippen LogP contribution in [0, 0.1) is 0 Å². The molecule has 78 valence electrons. The van der Waals surface area contributed by atoms with Crippen molar-refractivity contribution in [3.05, 3.63) is 30.0 Å². The van der Waals surface area contributed by atoms with E-state index in [1.807, 2.05) is 18.2 Å². The Bertz CT molecular complexity index is 494. The largest absolute Gasteiger partial charge is 0.506 e. The monoisotopic (exact) mass is 202 g/mol. The van der Waals surface area contributed by atoms with E-state index in [0.717, 1.165) is 29.4 Å². The van der Waals surface area contributed by atoms with E-state index in [4.69, 9.17) is 5.73 Å². The topological polar surface area (TPSA) is 59.1 Å². The van der Waals surface area contributed by atoms with Gasteiger partial charge in [0, 0.05) is 11.1 Å². The van der Waals surface area contributed by atoms with E-state index in [1.165, 1.54) is 0 Å². The molecular formula is C12H14N2O. The maximum absolute atomic E-state index is 9.73. The summed E-state index contributed by atoms with van der Waals surface area (Å²) in [7, 11) is 0. The fourth-order valence-corrected chi connectivity index (χ4v) is 1.64. The summed E-state index contributed by atoms with van der Waals surface area (Å²) < 4.78 is 0. The molecule has 2 aromatic rings. The second kappa shape index (κ2) is 3.77. The fourth-order valence-electron chi connectivity index (χ4n) is 1.64. The van der Waals surface area contributed by atoms with E-state index in [1.54, 1.807) is 6.07 Å². The summed E-state index contributed by atoms with van der Waals surface area (Å²) in [4.78, 5) is 4.40. The standard InChI is InChI=1S/C12H14N2O/c1-2-3-11-12(15)7-8-6-9(13)4-5-10(8)14-11/h4-7,15H,2-3,13H2,1H3. The zero-order chi connectivity index (χ0) is 10.8. The van der Waals surface area contributed by atoms with E-state index in [9.17, 15) is 5.11 Å². The molecule has 1 heterocycles. The number of rotatable bonds is 2. The number of nitrogens with two attached hydrogens (primary N) is 1. The van der Waals surface area contributed by atoms with Gasteiger partial charge in [0.05, 0.1) is 11.2 Å². The predicted octanol–water partition coefficient (Wildman–Crippen LogP) is 2.48. The van der Waals surface area contributed by atoms with Crippen LogP contribution in [0.15, 0.2) is 24.3 Å². The summed E-state index contributed by atoms with van der Waals surface area (Å²) >= 11 is 0. The number of nitrogen functional groups attached to an aromatic ring is 1. The third-order valence-electron chi connectivity index (χ3n) is 2.38. The van der Waals surface area contributed by atoms with Crippen LogP contribution in [0.5, 0.6) is 5.75 Å².